The van der Waals surface area contributed by atoms with E-state index in [0.29, 0.717) is 5.69 Å². The number of carbonyl (C=O) groups is 1. The minimum atomic E-state index is -3.72. The minimum absolute atomic E-state index is 0.103. The quantitative estimate of drug-likeness (QED) is 0.745. The first-order valence-corrected chi connectivity index (χ1v) is 5.66. The first kappa shape index (κ1) is 11.7. The summed E-state index contributed by atoms with van der Waals surface area (Å²) in [6, 6.07) is 1.43. The summed E-state index contributed by atoms with van der Waals surface area (Å²) in [7, 11) is -2.00. The number of sulfonamides is 1. The summed E-state index contributed by atoms with van der Waals surface area (Å²) in [6.45, 7) is 1.03. The van der Waals surface area contributed by atoms with E-state index < -0.39 is 22.5 Å². The van der Waals surface area contributed by atoms with Gasteiger partial charge in [0.1, 0.15) is 11.4 Å². The van der Waals surface area contributed by atoms with E-state index in [1.54, 1.807) is 24.7 Å². The van der Waals surface area contributed by atoms with Crippen LogP contribution in [0.3, 0.4) is 0 Å². The molecule has 6 nitrogen and oxygen atoms in total. The molecule has 1 rings (SSSR count). The number of hydrogen-bond acceptors (Lipinski definition) is 3. The Morgan fingerprint density at radius 2 is 2.20 bits per heavy atom. The van der Waals surface area contributed by atoms with Crippen molar-refractivity contribution in [2.45, 2.75) is 11.8 Å². The number of nitrogens with one attached hydrogen (secondary N) is 1. The smallest absolute Gasteiger partial charge is 0.318 e. The van der Waals surface area contributed by atoms with Crippen LogP contribution in [0.15, 0.2) is 17.2 Å². The number of rotatable bonds is 4. The van der Waals surface area contributed by atoms with Gasteiger partial charge in [0.15, 0.2) is 0 Å². The van der Waals surface area contributed by atoms with Gasteiger partial charge in [-0.1, -0.05) is 0 Å². The normalized spacial score (nSPS) is 11.6. The number of nitrogens with zero attached hydrogens (tertiary/aromatic N) is 1. The van der Waals surface area contributed by atoms with Crippen LogP contribution in [0.25, 0.3) is 0 Å². The van der Waals surface area contributed by atoms with E-state index in [1.807, 2.05) is 4.72 Å². The molecule has 0 bridgehead atoms. The van der Waals surface area contributed by atoms with Gasteiger partial charge in [-0.2, -0.15) is 4.72 Å². The Morgan fingerprint density at radius 3 is 2.60 bits per heavy atom. The first-order chi connectivity index (χ1) is 6.84. The van der Waals surface area contributed by atoms with Crippen LogP contribution in [-0.4, -0.2) is 30.6 Å². The van der Waals surface area contributed by atoms with Crippen molar-refractivity contribution in [2.75, 3.05) is 6.54 Å². The molecule has 2 N–H and O–H groups in total. The molecular formula is C8H12N2O4S. The van der Waals surface area contributed by atoms with Gasteiger partial charge in [-0.3, -0.25) is 4.79 Å². The first-order valence-electron chi connectivity index (χ1n) is 4.18. The summed E-state index contributed by atoms with van der Waals surface area (Å²) in [5.41, 5.74) is 0.563. The summed E-state index contributed by atoms with van der Waals surface area (Å²) in [4.78, 5) is 10.3. The average molecular weight is 232 g/mol. The summed E-state index contributed by atoms with van der Waals surface area (Å²) >= 11 is 0. The SMILES string of the molecule is Cc1c(S(=O)(=O)NCC(=O)O)ccn1C. The highest BCUT2D eigenvalue weighted by Gasteiger charge is 2.19. The van der Waals surface area contributed by atoms with Gasteiger partial charge in [-0.05, 0) is 13.0 Å². The van der Waals surface area contributed by atoms with Crippen molar-refractivity contribution in [3.05, 3.63) is 18.0 Å². The lowest BCUT2D eigenvalue weighted by Crippen LogP contribution is -2.29. The Bertz CT molecular complexity index is 475. The van der Waals surface area contributed by atoms with Crippen molar-refractivity contribution in [1.82, 2.24) is 9.29 Å². The van der Waals surface area contributed by atoms with Gasteiger partial charge < -0.3 is 9.67 Å². The van der Waals surface area contributed by atoms with Crippen LogP contribution in [0, 0.1) is 6.92 Å². The molecule has 0 aliphatic rings. The standard InChI is InChI=1S/C8H12N2O4S/c1-6-7(3-4-10(6)2)15(13,14)9-5-8(11)12/h3-4,9H,5H2,1-2H3,(H,11,12). The zero-order chi connectivity index (χ0) is 11.6. The number of hydrogen-bond donors (Lipinski definition) is 2. The second kappa shape index (κ2) is 4.03. The monoisotopic (exact) mass is 232 g/mol. The molecule has 1 heterocycles. The van der Waals surface area contributed by atoms with Gasteiger partial charge in [0.05, 0.1) is 0 Å². The second-order valence-electron chi connectivity index (χ2n) is 3.09. The predicted molar refractivity (Wildman–Crippen MR) is 53.0 cm³/mol. The molecule has 1 aromatic rings. The Hall–Kier alpha value is -1.34. The van der Waals surface area contributed by atoms with Crippen molar-refractivity contribution in [2.24, 2.45) is 7.05 Å². The molecule has 0 unspecified atom stereocenters. The Labute approximate surface area is 87.6 Å². The van der Waals surface area contributed by atoms with Gasteiger partial charge in [0.2, 0.25) is 10.0 Å². The molecule has 84 valence electrons. The molecule has 7 heteroatoms. The van der Waals surface area contributed by atoms with Crippen LogP contribution in [0.2, 0.25) is 0 Å². The van der Waals surface area contributed by atoms with E-state index in [0.717, 1.165) is 0 Å². The second-order valence-corrected chi connectivity index (χ2v) is 4.83. The van der Waals surface area contributed by atoms with Crippen LogP contribution in [0.4, 0.5) is 0 Å². The van der Waals surface area contributed by atoms with Gasteiger partial charge in [-0.15, -0.1) is 0 Å². The van der Waals surface area contributed by atoms with Crippen molar-refractivity contribution >= 4 is 16.0 Å². The van der Waals surface area contributed by atoms with Crippen molar-refractivity contribution in [3.8, 4) is 0 Å². The van der Waals surface area contributed by atoms with Crippen LogP contribution in [0.1, 0.15) is 5.69 Å². The van der Waals surface area contributed by atoms with Gasteiger partial charge in [0.25, 0.3) is 0 Å². The maximum Gasteiger partial charge on any atom is 0.318 e. The third kappa shape index (κ3) is 2.57. The highest BCUT2D eigenvalue weighted by Crippen LogP contribution is 2.14. The zero-order valence-electron chi connectivity index (χ0n) is 8.39. The Morgan fingerprint density at radius 1 is 1.60 bits per heavy atom. The maximum absolute atomic E-state index is 11.6. The lowest BCUT2D eigenvalue weighted by molar-refractivity contribution is -0.135. The van der Waals surface area contributed by atoms with E-state index in [4.69, 9.17) is 5.11 Å². The maximum atomic E-state index is 11.6. The van der Waals surface area contributed by atoms with Crippen molar-refractivity contribution in [1.29, 1.82) is 0 Å². The molecule has 0 spiro atoms. The fraction of sp³-hybridized carbons (Fsp3) is 0.375. The summed E-state index contributed by atoms with van der Waals surface area (Å²) in [5.74, 6) is -1.22. The highest BCUT2D eigenvalue weighted by molar-refractivity contribution is 7.89. The van der Waals surface area contributed by atoms with E-state index in [9.17, 15) is 13.2 Å². The number of aryl methyl sites for hydroxylation is 1. The predicted octanol–water partition coefficient (Wildman–Crippen LogP) is -0.304. The minimum Gasteiger partial charge on any atom is -0.480 e. The van der Waals surface area contributed by atoms with E-state index in [1.165, 1.54) is 6.07 Å². The van der Waals surface area contributed by atoms with Crippen LogP contribution in [0.5, 0.6) is 0 Å². The molecule has 15 heavy (non-hydrogen) atoms. The largest absolute Gasteiger partial charge is 0.480 e. The fourth-order valence-electron chi connectivity index (χ4n) is 1.10. The topological polar surface area (TPSA) is 88.4 Å². The zero-order valence-corrected chi connectivity index (χ0v) is 9.21. The molecule has 1 aromatic heterocycles. The van der Waals surface area contributed by atoms with E-state index in [-0.39, 0.29) is 4.90 Å². The molecule has 0 saturated carbocycles. The summed E-state index contributed by atoms with van der Waals surface area (Å²) < 4.78 is 26.8. The summed E-state index contributed by atoms with van der Waals surface area (Å²) in [5, 5.41) is 8.37. The van der Waals surface area contributed by atoms with Gasteiger partial charge in [0, 0.05) is 18.9 Å². The molecule has 0 aliphatic heterocycles. The lowest BCUT2D eigenvalue weighted by Gasteiger charge is -2.04. The Kier molecular flexibility index (Phi) is 3.15. The fourth-order valence-corrected chi connectivity index (χ4v) is 2.35. The Balaban J connectivity index is 2.97. The number of carboxylic acid groups (broad SMARTS) is 1. The molecule has 0 aliphatic carbocycles. The number of aliphatic carboxylic acids is 1. The summed E-state index contributed by atoms with van der Waals surface area (Å²) in [6.07, 6.45) is 1.60. The molecule has 0 amide bonds. The third-order valence-corrected chi connectivity index (χ3v) is 3.57. The third-order valence-electron chi connectivity index (χ3n) is 2.04. The molecule has 0 atom stereocenters. The van der Waals surface area contributed by atoms with Crippen LogP contribution in [-0.2, 0) is 21.9 Å². The lowest BCUT2D eigenvalue weighted by atomic mass is 10.5. The van der Waals surface area contributed by atoms with Crippen LogP contribution >= 0.6 is 0 Å². The molecule has 0 radical (unpaired) electrons. The molecule has 0 fully saturated rings. The van der Waals surface area contributed by atoms with Crippen LogP contribution < -0.4 is 4.72 Å². The average Bonchev–Trinajstić information content (AvgIpc) is 2.45. The van der Waals surface area contributed by atoms with Gasteiger partial charge >= 0.3 is 5.97 Å². The van der Waals surface area contributed by atoms with Gasteiger partial charge in [-0.25, -0.2) is 8.42 Å². The van der Waals surface area contributed by atoms with E-state index >= 15 is 0 Å². The highest BCUT2D eigenvalue weighted by atomic mass is 32.2. The number of aromatic nitrogens is 1. The molecule has 0 aromatic carbocycles. The van der Waals surface area contributed by atoms with Crippen molar-refractivity contribution in [3.63, 3.8) is 0 Å². The molecule has 0 saturated heterocycles. The van der Waals surface area contributed by atoms with Crippen molar-refractivity contribution < 1.29 is 18.3 Å². The molecular weight excluding hydrogens is 220 g/mol. The number of carboxylic acids is 1. The van der Waals surface area contributed by atoms with E-state index in [2.05, 4.69) is 0 Å².